The quantitative estimate of drug-likeness (QED) is 0.719. The minimum atomic E-state index is -0.915. The molecule has 1 heterocycles. The van der Waals surface area contributed by atoms with E-state index in [1.807, 2.05) is 6.92 Å². The molecule has 0 aliphatic carbocycles. The van der Waals surface area contributed by atoms with Gasteiger partial charge in [0, 0.05) is 6.54 Å². The standard InChI is InChI=1S/C12H19N3O4/c1-4-9(11(16)17)5-13-12(18)14-6-10-15-7(2)8(3)19-10/h9H,4-6H2,1-3H3,(H,16,17)(H2,13,14,18). The molecule has 0 aliphatic heterocycles. The highest BCUT2D eigenvalue weighted by molar-refractivity contribution is 5.75. The molecule has 0 aliphatic rings. The zero-order valence-corrected chi connectivity index (χ0v) is 11.3. The number of carbonyl (C=O) groups excluding carboxylic acids is 1. The summed E-state index contributed by atoms with van der Waals surface area (Å²) in [7, 11) is 0. The van der Waals surface area contributed by atoms with E-state index in [1.54, 1.807) is 13.8 Å². The number of urea groups is 1. The van der Waals surface area contributed by atoms with E-state index in [4.69, 9.17) is 9.52 Å². The third-order valence-electron chi connectivity index (χ3n) is 2.82. The van der Waals surface area contributed by atoms with Gasteiger partial charge in [0.25, 0.3) is 0 Å². The highest BCUT2D eigenvalue weighted by atomic mass is 16.4. The SMILES string of the molecule is CCC(CNC(=O)NCc1nc(C)c(C)o1)C(=O)O. The number of amides is 2. The van der Waals surface area contributed by atoms with Crippen LogP contribution in [0.5, 0.6) is 0 Å². The van der Waals surface area contributed by atoms with Crippen LogP contribution in [0.1, 0.15) is 30.7 Å². The smallest absolute Gasteiger partial charge is 0.315 e. The Labute approximate surface area is 111 Å². The zero-order valence-electron chi connectivity index (χ0n) is 11.3. The lowest BCUT2D eigenvalue weighted by Gasteiger charge is -2.11. The maximum absolute atomic E-state index is 11.5. The van der Waals surface area contributed by atoms with E-state index in [1.165, 1.54) is 0 Å². The summed E-state index contributed by atoms with van der Waals surface area (Å²) in [6.45, 7) is 5.65. The van der Waals surface area contributed by atoms with Gasteiger partial charge in [0.2, 0.25) is 5.89 Å². The van der Waals surface area contributed by atoms with Crippen molar-refractivity contribution in [3.63, 3.8) is 0 Å². The lowest BCUT2D eigenvalue weighted by Crippen LogP contribution is -2.39. The first kappa shape index (κ1) is 15.0. The lowest BCUT2D eigenvalue weighted by molar-refractivity contribution is -0.141. The summed E-state index contributed by atoms with van der Waals surface area (Å²) in [6.07, 6.45) is 0.466. The van der Waals surface area contributed by atoms with Crippen molar-refractivity contribution in [1.29, 1.82) is 0 Å². The normalized spacial score (nSPS) is 11.9. The maximum Gasteiger partial charge on any atom is 0.315 e. The number of aliphatic carboxylic acids is 1. The summed E-state index contributed by atoms with van der Waals surface area (Å²) in [5.41, 5.74) is 0.786. The van der Waals surface area contributed by atoms with E-state index >= 15 is 0 Å². The van der Waals surface area contributed by atoms with Gasteiger partial charge in [-0.25, -0.2) is 9.78 Å². The number of aryl methyl sites for hydroxylation is 2. The third-order valence-corrected chi connectivity index (χ3v) is 2.82. The maximum atomic E-state index is 11.5. The first-order chi connectivity index (χ1) is 8.93. The van der Waals surface area contributed by atoms with Crippen molar-refractivity contribution < 1.29 is 19.1 Å². The Hall–Kier alpha value is -2.05. The number of nitrogens with zero attached hydrogens (tertiary/aromatic N) is 1. The molecule has 19 heavy (non-hydrogen) atoms. The third kappa shape index (κ3) is 4.61. The summed E-state index contributed by atoms with van der Waals surface area (Å²) in [5, 5.41) is 13.9. The molecule has 1 atom stereocenters. The molecule has 0 fully saturated rings. The molecule has 2 amide bonds. The summed E-state index contributed by atoms with van der Waals surface area (Å²) in [4.78, 5) is 26.4. The number of carbonyl (C=O) groups is 2. The van der Waals surface area contributed by atoms with E-state index in [0.29, 0.717) is 18.1 Å². The largest absolute Gasteiger partial charge is 0.481 e. The van der Waals surface area contributed by atoms with E-state index in [9.17, 15) is 9.59 Å². The molecule has 7 nitrogen and oxygen atoms in total. The Kier molecular flexibility index (Phi) is 5.35. The fourth-order valence-electron chi connectivity index (χ4n) is 1.46. The summed E-state index contributed by atoms with van der Waals surface area (Å²) in [5.74, 6) is -0.344. The van der Waals surface area contributed by atoms with Crippen LogP contribution in [-0.4, -0.2) is 28.6 Å². The highest BCUT2D eigenvalue weighted by Crippen LogP contribution is 2.07. The van der Waals surface area contributed by atoms with Gasteiger partial charge in [0.1, 0.15) is 5.76 Å². The van der Waals surface area contributed by atoms with E-state index in [2.05, 4.69) is 15.6 Å². The molecular weight excluding hydrogens is 250 g/mol. The van der Waals surface area contributed by atoms with Gasteiger partial charge in [-0.1, -0.05) is 6.92 Å². The number of rotatable bonds is 6. The topological polar surface area (TPSA) is 104 Å². The molecule has 1 rings (SSSR count). The zero-order chi connectivity index (χ0) is 14.4. The van der Waals surface area contributed by atoms with E-state index < -0.39 is 17.9 Å². The van der Waals surface area contributed by atoms with Crippen molar-refractivity contribution in [2.45, 2.75) is 33.7 Å². The van der Waals surface area contributed by atoms with Crippen molar-refractivity contribution in [2.24, 2.45) is 5.92 Å². The average molecular weight is 269 g/mol. The molecule has 0 aromatic carbocycles. The molecule has 106 valence electrons. The molecule has 0 spiro atoms. The highest BCUT2D eigenvalue weighted by Gasteiger charge is 2.16. The second-order valence-electron chi connectivity index (χ2n) is 4.26. The van der Waals surface area contributed by atoms with E-state index in [0.717, 1.165) is 5.69 Å². The van der Waals surface area contributed by atoms with Gasteiger partial charge in [0.05, 0.1) is 18.2 Å². The van der Waals surface area contributed by atoms with Crippen molar-refractivity contribution in [3.05, 3.63) is 17.3 Å². The van der Waals surface area contributed by atoms with E-state index in [-0.39, 0.29) is 13.1 Å². The van der Waals surface area contributed by atoms with Crippen molar-refractivity contribution in [2.75, 3.05) is 6.54 Å². The summed E-state index contributed by atoms with van der Waals surface area (Å²) >= 11 is 0. The lowest BCUT2D eigenvalue weighted by atomic mass is 10.1. The molecule has 3 N–H and O–H groups in total. The molecule has 1 unspecified atom stereocenters. The van der Waals surface area contributed by atoms with Gasteiger partial charge < -0.3 is 20.2 Å². The van der Waals surface area contributed by atoms with Crippen molar-refractivity contribution in [1.82, 2.24) is 15.6 Å². The van der Waals surface area contributed by atoms with Gasteiger partial charge >= 0.3 is 12.0 Å². The minimum absolute atomic E-state index is 0.0985. The fraction of sp³-hybridized carbons (Fsp3) is 0.583. The molecule has 1 aromatic rings. The van der Waals surface area contributed by atoms with Crippen LogP contribution in [0.15, 0.2) is 4.42 Å². The number of hydrogen-bond acceptors (Lipinski definition) is 4. The summed E-state index contributed by atoms with van der Waals surface area (Å²) in [6, 6.07) is -0.437. The van der Waals surface area contributed by atoms with Crippen LogP contribution in [0.2, 0.25) is 0 Å². The Bertz CT molecular complexity index is 436. The van der Waals surface area contributed by atoms with Crippen LogP contribution in [0.4, 0.5) is 4.79 Å². The van der Waals surface area contributed by atoms with Crippen LogP contribution in [0, 0.1) is 19.8 Å². The minimum Gasteiger partial charge on any atom is -0.481 e. The molecule has 0 saturated carbocycles. The Morgan fingerprint density at radius 1 is 1.37 bits per heavy atom. The molecule has 0 saturated heterocycles. The Morgan fingerprint density at radius 3 is 2.53 bits per heavy atom. The Balaban J connectivity index is 2.33. The number of hydrogen-bond donors (Lipinski definition) is 3. The molecule has 0 bridgehead atoms. The first-order valence-corrected chi connectivity index (χ1v) is 6.11. The number of oxazole rings is 1. The second-order valence-corrected chi connectivity index (χ2v) is 4.26. The molecular formula is C12H19N3O4. The Morgan fingerprint density at radius 2 is 2.05 bits per heavy atom. The average Bonchev–Trinajstić information content (AvgIpc) is 2.66. The van der Waals surface area contributed by atoms with Crippen LogP contribution in [0.3, 0.4) is 0 Å². The van der Waals surface area contributed by atoms with Crippen molar-refractivity contribution >= 4 is 12.0 Å². The molecule has 1 aromatic heterocycles. The predicted octanol–water partition coefficient (Wildman–Crippen LogP) is 1.20. The second kappa shape index (κ2) is 6.77. The van der Waals surface area contributed by atoms with Crippen LogP contribution in [0.25, 0.3) is 0 Å². The first-order valence-electron chi connectivity index (χ1n) is 6.11. The number of nitrogens with one attached hydrogen (secondary N) is 2. The summed E-state index contributed by atoms with van der Waals surface area (Å²) < 4.78 is 5.30. The van der Waals surface area contributed by atoms with Gasteiger partial charge in [-0.3, -0.25) is 4.79 Å². The van der Waals surface area contributed by atoms with Gasteiger partial charge in [0.15, 0.2) is 0 Å². The van der Waals surface area contributed by atoms with Crippen LogP contribution in [-0.2, 0) is 11.3 Å². The predicted molar refractivity (Wildman–Crippen MR) is 67.6 cm³/mol. The van der Waals surface area contributed by atoms with Crippen LogP contribution >= 0.6 is 0 Å². The fourth-order valence-corrected chi connectivity index (χ4v) is 1.46. The monoisotopic (exact) mass is 269 g/mol. The van der Waals surface area contributed by atoms with Crippen LogP contribution < -0.4 is 10.6 Å². The van der Waals surface area contributed by atoms with Gasteiger partial charge in [-0.2, -0.15) is 0 Å². The van der Waals surface area contributed by atoms with Gasteiger partial charge in [-0.15, -0.1) is 0 Å². The van der Waals surface area contributed by atoms with Crippen molar-refractivity contribution in [3.8, 4) is 0 Å². The molecule has 0 radical (unpaired) electrons. The number of carboxylic acids is 1. The molecule has 7 heteroatoms. The number of aromatic nitrogens is 1. The van der Waals surface area contributed by atoms with Gasteiger partial charge in [-0.05, 0) is 20.3 Å². The number of carboxylic acid groups (broad SMARTS) is 1.